The Morgan fingerprint density at radius 1 is 0.849 bits per heavy atom. The van der Waals surface area contributed by atoms with E-state index in [1.165, 1.54) is 11.8 Å². The summed E-state index contributed by atoms with van der Waals surface area (Å²) >= 11 is 1.46. The number of nitrogens with zero attached hydrogens (tertiary/aromatic N) is 4. The molecule has 2 amide bonds. The Bertz CT molecular complexity index is 1960. The molecule has 0 saturated carbocycles. The van der Waals surface area contributed by atoms with Crippen molar-refractivity contribution in [2.45, 2.75) is 75.2 Å². The SMILES string of the molecule is Nc1ccccc1NC(=O)CCCCCCC(=O)Nc1cccc([C@H]2O[C@@H](CSc3nnnn3-c3ccc(O)cc3)C[C@@H](c3ccc(CO)cc3)O2)c1. The van der Waals surface area contributed by atoms with Crippen molar-refractivity contribution in [1.29, 1.82) is 0 Å². The van der Waals surface area contributed by atoms with E-state index in [1.54, 1.807) is 41.1 Å². The summed E-state index contributed by atoms with van der Waals surface area (Å²) in [7, 11) is 0. The third-order valence-corrected chi connectivity index (χ3v) is 9.83. The minimum atomic E-state index is -0.711. The molecule has 0 radical (unpaired) electrons. The number of ether oxygens (including phenoxy) is 2. The van der Waals surface area contributed by atoms with Crippen LogP contribution in [0.2, 0.25) is 0 Å². The van der Waals surface area contributed by atoms with Gasteiger partial charge in [-0.2, -0.15) is 4.68 Å². The van der Waals surface area contributed by atoms with Gasteiger partial charge in [-0.1, -0.05) is 73.1 Å². The zero-order valence-corrected chi connectivity index (χ0v) is 30.0. The van der Waals surface area contributed by atoms with Gasteiger partial charge < -0.3 is 36.1 Å². The topological polar surface area (TPSA) is 187 Å². The standard InChI is InChI=1S/C39H43N7O6S/c40-33-10-5-6-11-34(33)42-37(50)13-4-2-1-3-12-36(49)41-29-9-7-8-28(22-29)38-51-32(23-35(52-38)27-16-14-26(24-47)15-17-27)25-53-39-43-44-45-46(39)30-18-20-31(48)21-19-30/h5-11,14-22,32,35,38,47-48H,1-4,12-13,23-25,40H2,(H,41,49)(H,42,50)/t32-,35+,38+/m1/s1. The number of nitrogens with two attached hydrogens (primary N) is 1. The summed E-state index contributed by atoms with van der Waals surface area (Å²) in [5.41, 5.74) is 11.0. The van der Waals surface area contributed by atoms with Gasteiger partial charge in [0.25, 0.3) is 0 Å². The van der Waals surface area contributed by atoms with Gasteiger partial charge in [0, 0.05) is 36.3 Å². The average Bonchev–Trinajstić information content (AvgIpc) is 3.65. The number of aliphatic hydroxyl groups is 1. The Labute approximate surface area is 311 Å². The van der Waals surface area contributed by atoms with E-state index in [0.29, 0.717) is 53.7 Å². The number of benzene rings is 4. The van der Waals surface area contributed by atoms with Gasteiger partial charge in [-0.3, -0.25) is 9.59 Å². The Morgan fingerprint density at radius 2 is 1.58 bits per heavy atom. The van der Waals surface area contributed by atoms with Gasteiger partial charge in [0.1, 0.15) is 5.75 Å². The fourth-order valence-corrected chi connectivity index (χ4v) is 6.86. The number of phenolic OH excluding ortho intramolecular Hbond substituents is 1. The van der Waals surface area contributed by atoms with Crippen molar-refractivity contribution < 1.29 is 29.3 Å². The van der Waals surface area contributed by atoms with Crippen LogP contribution in [0, 0.1) is 0 Å². The van der Waals surface area contributed by atoms with Crippen LogP contribution in [-0.4, -0.2) is 54.1 Å². The maximum Gasteiger partial charge on any atom is 0.224 e. The maximum absolute atomic E-state index is 12.9. The molecular formula is C39H43N7O6S. The molecule has 14 heteroatoms. The zero-order chi connectivity index (χ0) is 37.0. The van der Waals surface area contributed by atoms with E-state index in [1.807, 2.05) is 60.7 Å². The number of aliphatic hydroxyl groups excluding tert-OH is 1. The van der Waals surface area contributed by atoms with Gasteiger partial charge in [-0.15, -0.1) is 5.10 Å². The van der Waals surface area contributed by atoms with E-state index in [4.69, 9.17) is 15.2 Å². The maximum atomic E-state index is 12.9. The first-order valence-corrected chi connectivity index (χ1v) is 18.6. The molecule has 1 saturated heterocycles. The molecule has 1 aromatic heterocycles. The lowest BCUT2D eigenvalue weighted by Crippen LogP contribution is -2.31. The highest BCUT2D eigenvalue weighted by molar-refractivity contribution is 7.99. The number of carbonyl (C=O) groups is 2. The number of nitrogens with one attached hydrogen (secondary N) is 2. The number of thioether (sulfide) groups is 1. The first-order valence-electron chi connectivity index (χ1n) is 17.6. The predicted octanol–water partition coefficient (Wildman–Crippen LogP) is 6.70. The highest BCUT2D eigenvalue weighted by Gasteiger charge is 2.33. The van der Waals surface area contributed by atoms with Gasteiger partial charge in [0.05, 0.1) is 35.9 Å². The van der Waals surface area contributed by atoms with E-state index in [9.17, 15) is 19.8 Å². The molecule has 3 atom stereocenters. The van der Waals surface area contributed by atoms with Gasteiger partial charge in [0.2, 0.25) is 17.0 Å². The third kappa shape index (κ3) is 10.6. The van der Waals surface area contributed by atoms with Crippen molar-refractivity contribution in [3.63, 3.8) is 0 Å². The largest absolute Gasteiger partial charge is 0.508 e. The molecule has 5 aromatic rings. The van der Waals surface area contributed by atoms with Gasteiger partial charge in [-0.25, -0.2) is 0 Å². The van der Waals surface area contributed by atoms with Crippen LogP contribution in [0.1, 0.15) is 74.0 Å². The molecule has 4 aromatic carbocycles. The van der Waals surface area contributed by atoms with E-state index >= 15 is 0 Å². The number of para-hydroxylation sites is 2. The predicted molar refractivity (Wildman–Crippen MR) is 202 cm³/mol. The second-order valence-electron chi connectivity index (χ2n) is 12.8. The van der Waals surface area contributed by atoms with E-state index in [-0.39, 0.29) is 36.4 Å². The number of nitrogen functional groups attached to an aromatic ring is 1. The molecule has 53 heavy (non-hydrogen) atoms. The van der Waals surface area contributed by atoms with E-state index in [0.717, 1.165) is 41.6 Å². The summed E-state index contributed by atoms with van der Waals surface area (Å²) in [5, 5.41) is 37.9. The van der Waals surface area contributed by atoms with E-state index in [2.05, 4.69) is 26.2 Å². The average molecular weight is 738 g/mol. The third-order valence-electron chi connectivity index (χ3n) is 8.78. The van der Waals surface area contributed by atoms with Crippen LogP contribution in [0.4, 0.5) is 17.1 Å². The van der Waals surface area contributed by atoms with Crippen LogP contribution in [0.15, 0.2) is 102 Å². The number of rotatable bonds is 16. The molecule has 1 aliphatic heterocycles. The molecule has 2 heterocycles. The first kappa shape index (κ1) is 37.5. The van der Waals surface area contributed by atoms with E-state index < -0.39 is 6.29 Å². The number of phenols is 1. The Balaban J connectivity index is 1.03. The summed E-state index contributed by atoms with van der Waals surface area (Å²) in [6, 6.07) is 29.0. The molecule has 6 rings (SSSR count). The number of carbonyl (C=O) groups excluding carboxylic acids is 2. The fraction of sp³-hybridized carbons (Fsp3) is 0.308. The molecule has 0 bridgehead atoms. The number of anilines is 3. The van der Waals surface area contributed by atoms with Gasteiger partial charge in [-0.05, 0) is 82.9 Å². The number of amides is 2. The van der Waals surface area contributed by atoms with Crippen molar-refractivity contribution in [2.75, 3.05) is 22.1 Å². The summed E-state index contributed by atoms with van der Waals surface area (Å²) in [6.45, 7) is -0.0464. The number of aromatic nitrogens is 4. The Kier molecular flexibility index (Phi) is 13.1. The molecule has 0 unspecified atom stereocenters. The molecule has 0 aliphatic carbocycles. The summed E-state index contributed by atoms with van der Waals surface area (Å²) in [4.78, 5) is 25.1. The molecule has 1 aliphatic rings. The van der Waals surface area contributed by atoms with Crippen molar-refractivity contribution >= 4 is 40.6 Å². The van der Waals surface area contributed by atoms with Crippen LogP contribution >= 0.6 is 11.8 Å². The minimum absolute atomic E-state index is 0.0464. The molecule has 6 N–H and O–H groups in total. The second-order valence-corrected chi connectivity index (χ2v) is 13.8. The first-order chi connectivity index (χ1) is 25.8. The summed E-state index contributed by atoms with van der Waals surface area (Å²) in [6.07, 6.45) is 3.19. The fourth-order valence-electron chi connectivity index (χ4n) is 5.95. The molecule has 276 valence electrons. The van der Waals surface area contributed by atoms with Crippen LogP contribution < -0.4 is 16.4 Å². The zero-order valence-electron chi connectivity index (χ0n) is 29.1. The van der Waals surface area contributed by atoms with Crippen molar-refractivity contribution in [2.24, 2.45) is 0 Å². The van der Waals surface area contributed by atoms with Gasteiger partial charge in [0.15, 0.2) is 6.29 Å². The number of aromatic hydroxyl groups is 1. The van der Waals surface area contributed by atoms with Crippen LogP contribution in [0.5, 0.6) is 5.75 Å². The second kappa shape index (κ2) is 18.5. The quantitative estimate of drug-likeness (QED) is 0.0412. The lowest BCUT2D eigenvalue weighted by atomic mass is 10.0. The minimum Gasteiger partial charge on any atom is -0.508 e. The van der Waals surface area contributed by atoms with Crippen molar-refractivity contribution in [3.05, 3.63) is 114 Å². The highest BCUT2D eigenvalue weighted by Crippen LogP contribution is 2.40. The molecule has 1 fully saturated rings. The Hall–Kier alpha value is -5.28. The van der Waals surface area contributed by atoms with Crippen molar-refractivity contribution in [1.82, 2.24) is 20.2 Å². The number of hydrogen-bond donors (Lipinski definition) is 5. The monoisotopic (exact) mass is 737 g/mol. The highest BCUT2D eigenvalue weighted by atomic mass is 32.2. The number of hydrogen-bond acceptors (Lipinski definition) is 11. The smallest absolute Gasteiger partial charge is 0.224 e. The van der Waals surface area contributed by atoms with Crippen LogP contribution in [-0.2, 0) is 25.7 Å². The number of tetrazole rings is 1. The Morgan fingerprint density at radius 3 is 2.32 bits per heavy atom. The summed E-state index contributed by atoms with van der Waals surface area (Å²) < 4.78 is 14.6. The number of unbranched alkanes of at least 4 members (excludes halogenated alkanes) is 3. The van der Waals surface area contributed by atoms with Crippen LogP contribution in [0.25, 0.3) is 5.69 Å². The normalized spacial score (nSPS) is 17.0. The summed E-state index contributed by atoms with van der Waals surface area (Å²) in [5.74, 6) is 0.523. The molecule has 0 spiro atoms. The lowest BCUT2D eigenvalue weighted by molar-refractivity contribution is -0.245. The lowest BCUT2D eigenvalue weighted by Gasteiger charge is -2.36. The van der Waals surface area contributed by atoms with Crippen LogP contribution in [0.3, 0.4) is 0 Å². The molecule has 13 nitrogen and oxygen atoms in total. The van der Waals surface area contributed by atoms with Crippen molar-refractivity contribution in [3.8, 4) is 11.4 Å². The van der Waals surface area contributed by atoms with Gasteiger partial charge >= 0.3 is 0 Å². The molecular weight excluding hydrogens is 695 g/mol.